The Morgan fingerprint density at radius 1 is 0.364 bits per heavy atom. The molecule has 0 radical (unpaired) electrons. The lowest BCUT2D eigenvalue weighted by Gasteiger charge is -2.11. The van der Waals surface area contributed by atoms with Gasteiger partial charge in [-0.25, -0.2) is 0 Å². The van der Waals surface area contributed by atoms with E-state index in [1.165, 1.54) is 59.1 Å². The van der Waals surface area contributed by atoms with Crippen molar-refractivity contribution in [3.63, 3.8) is 0 Å². The van der Waals surface area contributed by atoms with Crippen molar-refractivity contribution in [3.05, 3.63) is 158 Å². The molecule has 7 aromatic carbocycles. The lowest BCUT2D eigenvalue weighted by Crippen LogP contribution is -1.85. The van der Waals surface area contributed by atoms with E-state index in [4.69, 9.17) is 4.42 Å². The summed E-state index contributed by atoms with van der Waals surface area (Å²) in [6.07, 6.45) is 0. The summed E-state index contributed by atoms with van der Waals surface area (Å²) in [4.78, 5) is 0. The Hall–Kier alpha value is -5.44. The topological polar surface area (TPSA) is 13.1 Å². The highest BCUT2D eigenvalue weighted by Gasteiger charge is 2.18. The van der Waals surface area contributed by atoms with Gasteiger partial charge in [-0.3, -0.25) is 0 Å². The van der Waals surface area contributed by atoms with Gasteiger partial charge in [-0.1, -0.05) is 133 Å². The molecule has 0 saturated carbocycles. The van der Waals surface area contributed by atoms with Gasteiger partial charge < -0.3 is 4.42 Å². The van der Waals surface area contributed by atoms with Crippen LogP contribution in [0, 0.1) is 0 Å². The van der Waals surface area contributed by atoms with Crippen LogP contribution in [0.15, 0.2) is 162 Å². The van der Waals surface area contributed by atoms with E-state index in [9.17, 15) is 0 Å². The first-order valence-electron chi connectivity index (χ1n) is 14.9. The minimum Gasteiger partial charge on any atom is -0.455 e. The van der Waals surface area contributed by atoms with Gasteiger partial charge in [-0.2, -0.15) is 0 Å². The number of para-hydroxylation sites is 2. The Bertz CT molecular complexity index is 2460. The summed E-state index contributed by atoms with van der Waals surface area (Å²) in [5.41, 5.74) is 11.5. The van der Waals surface area contributed by atoms with Crippen LogP contribution < -0.4 is 0 Å². The molecule has 0 saturated heterocycles. The first-order valence-corrected chi connectivity index (χ1v) is 15.7. The Morgan fingerprint density at radius 2 is 0.932 bits per heavy atom. The zero-order valence-corrected chi connectivity index (χ0v) is 24.6. The predicted octanol–water partition coefficient (Wildman–Crippen LogP) is 12.6. The van der Waals surface area contributed by atoms with Crippen molar-refractivity contribution in [2.24, 2.45) is 0 Å². The third-order valence-corrected chi connectivity index (χ3v) is 9.94. The zero-order chi connectivity index (χ0) is 29.0. The van der Waals surface area contributed by atoms with E-state index in [2.05, 4.69) is 152 Å². The molecular weight excluding hydrogens is 553 g/mol. The van der Waals surface area contributed by atoms with Gasteiger partial charge in [0.05, 0.1) is 0 Å². The van der Waals surface area contributed by atoms with Crippen molar-refractivity contribution in [2.75, 3.05) is 0 Å². The maximum atomic E-state index is 6.51. The van der Waals surface area contributed by atoms with Crippen molar-refractivity contribution in [3.8, 4) is 44.5 Å². The molecule has 0 aliphatic rings. The number of hydrogen-bond donors (Lipinski definition) is 0. The van der Waals surface area contributed by atoms with Gasteiger partial charge in [0, 0.05) is 42.1 Å². The molecule has 0 spiro atoms. The monoisotopic (exact) mass is 578 g/mol. The van der Waals surface area contributed by atoms with E-state index in [1.807, 2.05) is 17.4 Å². The molecule has 0 amide bonds. The van der Waals surface area contributed by atoms with Crippen LogP contribution in [0.5, 0.6) is 0 Å². The average Bonchev–Trinajstić information content (AvgIpc) is 3.67. The van der Waals surface area contributed by atoms with E-state index >= 15 is 0 Å². The van der Waals surface area contributed by atoms with Gasteiger partial charge in [0.25, 0.3) is 0 Å². The second-order valence-electron chi connectivity index (χ2n) is 11.3. The first kappa shape index (κ1) is 25.1. The van der Waals surface area contributed by atoms with Crippen molar-refractivity contribution in [2.45, 2.75) is 0 Å². The van der Waals surface area contributed by atoms with Gasteiger partial charge >= 0.3 is 0 Å². The van der Waals surface area contributed by atoms with Crippen LogP contribution >= 0.6 is 11.3 Å². The largest absolute Gasteiger partial charge is 0.455 e. The van der Waals surface area contributed by atoms with Crippen molar-refractivity contribution in [1.82, 2.24) is 0 Å². The molecule has 44 heavy (non-hydrogen) atoms. The number of hydrogen-bond acceptors (Lipinski definition) is 2. The molecule has 0 unspecified atom stereocenters. The molecule has 206 valence electrons. The first-order chi connectivity index (χ1) is 21.8. The van der Waals surface area contributed by atoms with E-state index < -0.39 is 0 Å². The fraction of sp³-hybridized carbons (Fsp3) is 0. The summed E-state index contributed by atoms with van der Waals surface area (Å²) in [7, 11) is 0. The Labute approximate surface area is 259 Å². The molecule has 1 nitrogen and oxygen atoms in total. The summed E-state index contributed by atoms with van der Waals surface area (Å²) < 4.78 is 9.10. The van der Waals surface area contributed by atoms with Gasteiger partial charge in [-0.15, -0.1) is 11.3 Å². The number of furan rings is 1. The third-order valence-electron chi connectivity index (χ3n) is 8.72. The van der Waals surface area contributed by atoms with Gasteiger partial charge in [-0.05, 0) is 57.6 Å². The lowest BCUT2D eigenvalue weighted by molar-refractivity contribution is 0.670. The van der Waals surface area contributed by atoms with Gasteiger partial charge in [0.2, 0.25) is 0 Å². The van der Waals surface area contributed by atoms with E-state index in [-0.39, 0.29) is 0 Å². The maximum absolute atomic E-state index is 6.51. The molecule has 9 rings (SSSR count). The minimum atomic E-state index is 0.922. The smallest absolute Gasteiger partial charge is 0.143 e. The van der Waals surface area contributed by atoms with Crippen LogP contribution in [0.1, 0.15) is 0 Å². The molecule has 2 heterocycles. The molecule has 9 aromatic rings. The van der Waals surface area contributed by atoms with Crippen molar-refractivity contribution >= 4 is 53.4 Å². The summed E-state index contributed by atoms with van der Waals surface area (Å²) >= 11 is 1.86. The molecule has 2 aromatic heterocycles. The molecule has 0 aliphatic carbocycles. The predicted molar refractivity (Wildman–Crippen MR) is 188 cm³/mol. The van der Waals surface area contributed by atoms with Crippen LogP contribution in [0.25, 0.3) is 86.6 Å². The SMILES string of the molecule is c1ccc(-c2ccc(-c3ccc(-c4cc(-c5cccc6c5oc5ccccc56)c5sc6ccccc6c5c4)cc3)cc2)cc1. The Morgan fingerprint density at radius 3 is 1.66 bits per heavy atom. The fourth-order valence-corrected chi connectivity index (χ4v) is 7.71. The molecular formula is C42H26OS. The quantitative estimate of drug-likeness (QED) is 0.202. The maximum Gasteiger partial charge on any atom is 0.143 e. The third kappa shape index (κ3) is 4.07. The normalized spacial score (nSPS) is 11.6. The zero-order valence-electron chi connectivity index (χ0n) is 23.8. The van der Waals surface area contributed by atoms with Gasteiger partial charge in [0.1, 0.15) is 11.2 Å². The summed E-state index contributed by atoms with van der Waals surface area (Å²) in [6.45, 7) is 0. The fourth-order valence-electron chi connectivity index (χ4n) is 6.49. The molecule has 0 fully saturated rings. The average molecular weight is 579 g/mol. The molecule has 2 heteroatoms. The summed E-state index contributed by atoms with van der Waals surface area (Å²) in [5.74, 6) is 0. The highest BCUT2D eigenvalue weighted by molar-refractivity contribution is 7.26. The summed E-state index contributed by atoms with van der Waals surface area (Å²) in [6, 6.07) is 56.6. The van der Waals surface area contributed by atoms with Crippen LogP contribution in [0.3, 0.4) is 0 Å². The summed E-state index contributed by atoms with van der Waals surface area (Å²) in [5, 5.41) is 4.88. The van der Waals surface area contributed by atoms with E-state index in [0.29, 0.717) is 0 Å². The van der Waals surface area contributed by atoms with E-state index in [1.54, 1.807) is 0 Å². The second-order valence-corrected chi connectivity index (χ2v) is 12.4. The van der Waals surface area contributed by atoms with Crippen LogP contribution in [0.2, 0.25) is 0 Å². The second kappa shape index (κ2) is 10.1. The molecule has 0 aliphatic heterocycles. The highest BCUT2D eigenvalue weighted by atomic mass is 32.1. The number of benzene rings is 7. The van der Waals surface area contributed by atoms with Gasteiger partial charge in [0.15, 0.2) is 0 Å². The molecule has 0 N–H and O–H groups in total. The number of thiophene rings is 1. The minimum absolute atomic E-state index is 0.922. The Balaban J connectivity index is 1.18. The van der Waals surface area contributed by atoms with Crippen LogP contribution in [-0.4, -0.2) is 0 Å². The van der Waals surface area contributed by atoms with E-state index in [0.717, 1.165) is 27.5 Å². The molecule has 0 bridgehead atoms. The molecule has 0 atom stereocenters. The van der Waals surface area contributed by atoms with Crippen LogP contribution in [0.4, 0.5) is 0 Å². The highest BCUT2D eigenvalue weighted by Crippen LogP contribution is 2.45. The van der Waals surface area contributed by atoms with Crippen LogP contribution in [-0.2, 0) is 0 Å². The van der Waals surface area contributed by atoms with Crippen molar-refractivity contribution < 1.29 is 4.42 Å². The van der Waals surface area contributed by atoms with Crippen molar-refractivity contribution in [1.29, 1.82) is 0 Å². The lowest BCUT2D eigenvalue weighted by atomic mass is 9.94. The number of fused-ring (bicyclic) bond motifs is 6. The number of rotatable bonds is 4. The standard InChI is InChI=1S/C42H26OS/c1-2-9-27(10-3-1)28-17-19-29(20-18-28)30-21-23-31(24-22-30)32-25-37-34-12-5-7-16-40(34)44-42(37)38(26-32)36-14-8-13-35-33-11-4-6-15-39(33)43-41(35)36/h1-26H. The Kier molecular flexibility index (Phi) is 5.75.